The first-order valence-electron chi connectivity index (χ1n) is 13.4. The molecule has 0 saturated heterocycles. The quantitative estimate of drug-likeness (QED) is 0.0990. The van der Waals surface area contributed by atoms with E-state index >= 15 is 0 Å². The van der Waals surface area contributed by atoms with Gasteiger partial charge in [-0.3, -0.25) is 19.2 Å². The van der Waals surface area contributed by atoms with E-state index in [1.807, 2.05) is 6.92 Å². The fraction of sp³-hybridized carbons (Fsp3) is 0.852. The smallest absolute Gasteiger partial charge is 0.312 e. The Hall–Kier alpha value is -1.77. The zero-order valence-corrected chi connectivity index (χ0v) is 23.6. The summed E-state index contributed by atoms with van der Waals surface area (Å²) in [5.41, 5.74) is -0.806. The molecule has 0 aromatic heterocycles. The molecule has 36 heavy (non-hydrogen) atoms. The lowest BCUT2D eigenvalue weighted by Crippen LogP contribution is -2.36. The maximum absolute atomic E-state index is 12.5. The highest BCUT2D eigenvalue weighted by molar-refractivity contribution is 7.99. The zero-order valence-electron chi connectivity index (χ0n) is 22.8. The predicted octanol–water partition coefficient (Wildman–Crippen LogP) is 5.80. The topological polar surface area (TPSA) is 116 Å². The molecule has 9 heteroatoms. The molecule has 210 valence electrons. The SMILES string of the molecule is CCCCCCCCCCCCSCC(C)(CC(C)C(=O)OCCOC(=O)CCC(=O)O)C(=O)OC. The van der Waals surface area contributed by atoms with Gasteiger partial charge in [-0.15, -0.1) is 0 Å². The average molecular weight is 533 g/mol. The van der Waals surface area contributed by atoms with Crippen LogP contribution in [0, 0.1) is 11.3 Å². The molecule has 0 aliphatic carbocycles. The molecule has 0 heterocycles. The van der Waals surface area contributed by atoms with Crippen LogP contribution in [0.3, 0.4) is 0 Å². The van der Waals surface area contributed by atoms with Crippen LogP contribution in [0.4, 0.5) is 0 Å². The van der Waals surface area contributed by atoms with Gasteiger partial charge >= 0.3 is 23.9 Å². The van der Waals surface area contributed by atoms with E-state index < -0.39 is 29.2 Å². The first-order valence-corrected chi connectivity index (χ1v) is 14.5. The highest BCUT2D eigenvalue weighted by Gasteiger charge is 2.38. The lowest BCUT2D eigenvalue weighted by molar-refractivity contribution is -0.158. The second kappa shape index (κ2) is 21.3. The minimum absolute atomic E-state index is 0.121. The summed E-state index contributed by atoms with van der Waals surface area (Å²) >= 11 is 1.71. The highest BCUT2D eigenvalue weighted by Crippen LogP contribution is 2.32. The van der Waals surface area contributed by atoms with Crippen molar-refractivity contribution in [3.63, 3.8) is 0 Å². The van der Waals surface area contributed by atoms with Crippen LogP contribution in [0.15, 0.2) is 0 Å². The number of ether oxygens (including phenoxy) is 3. The fourth-order valence-corrected chi connectivity index (χ4v) is 5.16. The van der Waals surface area contributed by atoms with Crippen molar-refractivity contribution in [3.8, 4) is 0 Å². The van der Waals surface area contributed by atoms with Crippen LogP contribution in [0.25, 0.3) is 0 Å². The molecule has 0 aliphatic rings. The zero-order chi connectivity index (χ0) is 27.2. The van der Waals surface area contributed by atoms with Crippen molar-refractivity contribution in [2.24, 2.45) is 11.3 Å². The number of rotatable bonds is 23. The summed E-state index contributed by atoms with van der Waals surface area (Å²) in [4.78, 5) is 46.7. The summed E-state index contributed by atoms with van der Waals surface area (Å²) in [7, 11) is 1.36. The summed E-state index contributed by atoms with van der Waals surface area (Å²) in [5.74, 6) is -1.56. The molecule has 0 aliphatic heterocycles. The third-order valence-electron chi connectivity index (χ3n) is 6.03. The number of thioether (sulfide) groups is 1. The van der Waals surface area contributed by atoms with Gasteiger partial charge in [0, 0.05) is 5.75 Å². The van der Waals surface area contributed by atoms with Crippen LogP contribution in [0.1, 0.15) is 104 Å². The summed E-state index contributed by atoms with van der Waals surface area (Å²) in [6.07, 6.45) is 12.6. The molecular weight excluding hydrogens is 484 g/mol. The molecule has 0 fully saturated rings. The summed E-state index contributed by atoms with van der Waals surface area (Å²) in [6.45, 7) is 5.50. The molecule has 0 bridgehead atoms. The first-order chi connectivity index (χ1) is 17.2. The van der Waals surface area contributed by atoms with Gasteiger partial charge in [-0.2, -0.15) is 11.8 Å². The number of unbranched alkanes of at least 4 members (excludes halogenated alkanes) is 9. The van der Waals surface area contributed by atoms with Crippen LogP contribution in [-0.4, -0.2) is 60.8 Å². The number of carbonyl (C=O) groups excluding carboxylic acids is 3. The third-order valence-corrected chi connectivity index (χ3v) is 7.45. The van der Waals surface area contributed by atoms with Crippen LogP contribution in [0.2, 0.25) is 0 Å². The standard InChI is InChI=1S/C27H48O8S/c1-5-6-7-8-9-10-11-12-13-14-19-36-21-27(3,26(32)33-4)20-22(2)25(31)35-18-17-34-24(30)16-15-23(28)29/h22H,5-21H2,1-4H3,(H,28,29). The molecule has 2 unspecified atom stereocenters. The van der Waals surface area contributed by atoms with E-state index in [-0.39, 0.29) is 32.0 Å². The Bertz CT molecular complexity index is 639. The van der Waals surface area contributed by atoms with Crippen molar-refractivity contribution in [2.45, 2.75) is 104 Å². The lowest BCUT2D eigenvalue weighted by Gasteiger charge is -2.28. The predicted molar refractivity (Wildman–Crippen MR) is 142 cm³/mol. The molecule has 1 N–H and O–H groups in total. The number of carboxylic acids is 1. The normalized spacial score (nSPS) is 13.4. The third kappa shape index (κ3) is 17.6. The number of esters is 3. The van der Waals surface area contributed by atoms with E-state index in [1.54, 1.807) is 18.7 Å². The molecule has 0 aromatic rings. The molecule has 0 amide bonds. The monoisotopic (exact) mass is 532 g/mol. The number of hydrogen-bond acceptors (Lipinski definition) is 8. The second-order valence-corrected chi connectivity index (χ2v) is 10.8. The summed E-state index contributed by atoms with van der Waals surface area (Å²) in [5, 5.41) is 8.55. The maximum Gasteiger partial charge on any atom is 0.312 e. The average Bonchev–Trinajstić information content (AvgIpc) is 2.85. The molecule has 8 nitrogen and oxygen atoms in total. The van der Waals surface area contributed by atoms with Gasteiger partial charge in [-0.25, -0.2) is 0 Å². The highest BCUT2D eigenvalue weighted by atomic mass is 32.2. The second-order valence-electron chi connectivity index (χ2n) is 9.67. The Morgan fingerprint density at radius 1 is 0.861 bits per heavy atom. The Kier molecular flexibility index (Phi) is 20.3. The molecule has 0 saturated carbocycles. The fourth-order valence-electron chi connectivity index (χ4n) is 3.92. The first kappa shape index (κ1) is 34.2. The minimum atomic E-state index is -1.08. The lowest BCUT2D eigenvalue weighted by atomic mass is 9.83. The van der Waals surface area contributed by atoms with Crippen molar-refractivity contribution in [1.29, 1.82) is 0 Å². The van der Waals surface area contributed by atoms with E-state index in [9.17, 15) is 19.2 Å². The molecular formula is C27H48O8S. The van der Waals surface area contributed by atoms with Crippen molar-refractivity contribution < 1.29 is 38.5 Å². The van der Waals surface area contributed by atoms with Gasteiger partial charge in [-0.1, -0.05) is 71.6 Å². The van der Waals surface area contributed by atoms with Gasteiger partial charge < -0.3 is 19.3 Å². The van der Waals surface area contributed by atoms with Gasteiger partial charge in [-0.05, 0) is 25.5 Å². The Balaban J connectivity index is 4.20. The van der Waals surface area contributed by atoms with E-state index in [0.717, 1.165) is 12.2 Å². The van der Waals surface area contributed by atoms with Crippen LogP contribution in [0.5, 0.6) is 0 Å². The van der Waals surface area contributed by atoms with Crippen molar-refractivity contribution in [1.82, 2.24) is 0 Å². The van der Waals surface area contributed by atoms with Crippen molar-refractivity contribution in [2.75, 3.05) is 31.8 Å². The van der Waals surface area contributed by atoms with Crippen LogP contribution in [-0.2, 0) is 33.4 Å². The number of aliphatic carboxylic acids is 1. The Morgan fingerprint density at radius 3 is 1.97 bits per heavy atom. The molecule has 2 atom stereocenters. The Morgan fingerprint density at radius 2 is 1.42 bits per heavy atom. The van der Waals surface area contributed by atoms with Crippen molar-refractivity contribution >= 4 is 35.6 Å². The molecule has 0 spiro atoms. The number of methoxy groups -OCH3 is 1. The number of carboxylic acid groups (broad SMARTS) is 1. The van der Waals surface area contributed by atoms with E-state index in [0.29, 0.717) is 12.2 Å². The minimum Gasteiger partial charge on any atom is -0.481 e. The van der Waals surface area contributed by atoms with Crippen LogP contribution < -0.4 is 0 Å². The van der Waals surface area contributed by atoms with Gasteiger partial charge in [0.1, 0.15) is 13.2 Å². The van der Waals surface area contributed by atoms with Crippen LogP contribution >= 0.6 is 11.8 Å². The van der Waals surface area contributed by atoms with Gasteiger partial charge in [0.15, 0.2) is 0 Å². The molecule has 0 aromatic carbocycles. The number of hydrogen-bond donors (Lipinski definition) is 1. The Labute approximate surface area is 221 Å². The van der Waals surface area contributed by atoms with E-state index in [2.05, 4.69) is 6.92 Å². The van der Waals surface area contributed by atoms with Gasteiger partial charge in [0.25, 0.3) is 0 Å². The van der Waals surface area contributed by atoms with Gasteiger partial charge in [0.05, 0.1) is 31.3 Å². The number of carbonyl (C=O) groups is 4. The molecule has 0 radical (unpaired) electrons. The molecule has 0 rings (SSSR count). The van der Waals surface area contributed by atoms with Gasteiger partial charge in [0.2, 0.25) is 0 Å². The maximum atomic E-state index is 12.5. The summed E-state index contributed by atoms with van der Waals surface area (Å²) < 4.78 is 15.0. The van der Waals surface area contributed by atoms with Crippen molar-refractivity contribution in [3.05, 3.63) is 0 Å². The summed E-state index contributed by atoms with van der Waals surface area (Å²) in [6, 6.07) is 0. The van der Waals surface area contributed by atoms with E-state index in [1.165, 1.54) is 64.9 Å². The largest absolute Gasteiger partial charge is 0.481 e. The van der Waals surface area contributed by atoms with E-state index in [4.69, 9.17) is 19.3 Å².